The average molecular weight is 332 g/mol. The van der Waals surface area contributed by atoms with Gasteiger partial charge in [0.1, 0.15) is 6.10 Å². The van der Waals surface area contributed by atoms with Gasteiger partial charge in [0.05, 0.1) is 0 Å². The van der Waals surface area contributed by atoms with E-state index in [2.05, 4.69) is 5.32 Å². The second-order valence-corrected chi connectivity index (χ2v) is 6.07. The third-order valence-corrected chi connectivity index (χ3v) is 4.34. The van der Waals surface area contributed by atoms with Crippen LogP contribution < -0.4 is 10.2 Å². The van der Waals surface area contributed by atoms with Crippen molar-refractivity contribution in [3.05, 3.63) is 24.3 Å². The minimum absolute atomic E-state index is 0.0909. The number of nitrogens with zero attached hydrogens (tertiary/aromatic N) is 1. The molecule has 2 aliphatic heterocycles. The number of rotatable bonds is 4. The van der Waals surface area contributed by atoms with E-state index in [1.54, 1.807) is 23.1 Å². The Bertz CT molecular complexity index is 660. The molecule has 0 bridgehead atoms. The molecular formula is C17H20N2O5. The average Bonchev–Trinajstić information content (AvgIpc) is 3.06. The summed E-state index contributed by atoms with van der Waals surface area (Å²) in [6.45, 7) is 0.683. The molecule has 128 valence electrons. The monoisotopic (exact) mass is 332 g/mol. The highest BCUT2D eigenvalue weighted by atomic mass is 16.5. The van der Waals surface area contributed by atoms with Crippen LogP contribution in [0.15, 0.2) is 24.3 Å². The van der Waals surface area contributed by atoms with Crippen LogP contribution >= 0.6 is 0 Å². The number of carbonyl (C=O) groups is 3. The number of carboxylic acid groups (broad SMARTS) is 1. The largest absolute Gasteiger partial charge is 0.479 e. The molecule has 24 heavy (non-hydrogen) atoms. The molecule has 7 heteroatoms. The molecule has 2 aliphatic rings. The Morgan fingerprint density at radius 1 is 1.21 bits per heavy atom. The summed E-state index contributed by atoms with van der Waals surface area (Å²) >= 11 is 0. The van der Waals surface area contributed by atoms with Gasteiger partial charge < -0.3 is 20.1 Å². The summed E-state index contributed by atoms with van der Waals surface area (Å²) in [6, 6.07) is 7.11. The second-order valence-electron chi connectivity index (χ2n) is 6.07. The normalized spacial score (nSPS) is 24.0. The molecule has 0 aliphatic carbocycles. The van der Waals surface area contributed by atoms with Gasteiger partial charge in [0, 0.05) is 24.3 Å². The van der Waals surface area contributed by atoms with Gasteiger partial charge in [-0.15, -0.1) is 0 Å². The first kappa shape index (κ1) is 16.4. The molecule has 2 amide bonds. The number of aliphatic carboxylic acids is 1. The molecule has 2 fully saturated rings. The fourth-order valence-electron chi connectivity index (χ4n) is 3.06. The fourth-order valence-corrected chi connectivity index (χ4v) is 3.06. The first-order valence-electron chi connectivity index (χ1n) is 8.14. The minimum Gasteiger partial charge on any atom is -0.479 e. The van der Waals surface area contributed by atoms with Crippen LogP contribution in [0.4, 0.5) is 11.4 Å². The van der Waals surface area contributed by atoms with E-state index in [9.17, 15) is 14.4 Å². The quantitative estimate of drug-likeness (QED) is 0.876. The number of nitrogens with one attached hydrogen (secondary N) is 1. The molecule has 3 rings (SSSR count). The van der Waals surface area contributed by atoms with Crippen molar-refractivity contribution in [2.24, 2.45) is 0 Å². The van der Waals surface area contributed by atoms with Crippen molar-refractivity contribution < 1.29 is 24.2 Å². The Morgan fingerprint density at radius 3 is 2.71 bits per heavy atom. The molecule has 2 heterocycles. The van der Waals surface area contributed by atoms with Crippen molar-refractivity contribution in [1.82, 2.24) is 0 Å². The molecule has 2 saturated heterocycles. The Morgan fingerprint density at radius 2 is 2.00 bits per heavy atom. The maximum atomic E-state index is 12.2. The van der Waals surface area contributed by atoms with E-state index in [-0.39, 0.29) is 11.8 Å². The molecule has 2 N–H and O–H groups in total. The van der Waals surface area contributed by atoms with Crippen molar-refractivity contribution in [3.63, 3.8) is 0 Å². The molecular weight excluding hydrogens is 312 g/mol. The van der Waals surface area contributed by atoms with Crippen LogP contribution in [0.1, 0.15) is 32.1 Å². The molecule has 0 saturated carbocycles. The lowest BCUT2D eigenvalue weighted by atomic mass is 10.1. The van der Waals surface area contributed by atoms with Crippen molar-refractivity contribution in [1.29, 1.82) is 0 Å². The lowest BCUT2D eigenvalue weighted by Crippen LogP contribution is -2.35. The Labute approximate surface area is 139 Å². The Hall–Kier alpha value is -2.41. The highest BCUT2D eigenvalue weighted by Gasteiger charge is 2.34. The molecule has 0 aromatic heterocycles. The van der Waals surface area contributed by atoms with Crippen molar-refractivity contribution in [2.75, 3.05) is 16.8 Å². The third-order valence-electron chi connectivity index (χ3n) is 4.34. The number of carboxylic acids is 1. The summed E-state index contributed by atoms with van der Waals surface area (Å²) in [7, 11) is 0. The molecule has 7 nitrogen and oxygen atoms in total. The zero-order valence-electron chi connectivity index (χ0n) is 13.2. The van der Waals surface area contributed by atoms with Crippen LogP contribution in [-0.4, -0.2) is 41.6 Å². The van der Waals surface area contributed by atoms with Crippen molar-refractivity contribution >= 4 is 29.2 Å². The molecule has 0 radical (unpaired) electrons. The third kappa shape index (κ3) is 3.56. The number of anilines is 2. The number of hydrogen-bond donors (Lipinski definition) is 2. The van der Waals surface area contributed by atoms with Gasteiger partial charge in [0.2, 0.25) is 5.91 Å². The van der Waals surface area contributed by atoms with Gasteiger partial charge in [-0.1, -0.05) is 6.07 Å². The number of hydrogen-bond acceptors (Lipinski definition) is 4. The summed E-state index contributed by atoms with van der Waals surface area (Å²) in [6.07, 6.45) is 1.46. The predicted molar refractivity (Wildman–Crippen MR) is 86.8 cm³/mol. The van der Waals surface area contributed by atoms with E-state index >= 15 is 0 Å². The molecule has 0 unspecified atom stereocenters. The summed E-state index contributed by atoms with van der Waals surface area (Å²) in [5.41, 5.74) is 1.33. The van der Waals surface area contributed by atoms with E-state index in [0.29, 0.717) is 31.5 Å². The molecule has 0 spiro atoms. The first-order chi connectivity index (χ1) is 11.5. The van der Waals surface area contributed by atoms with Gasteiger partial charge in [0.15, 0.2) is 6.10 Å². The summed E-state index contributed by atoms with van der Waals surface area (Å²) in [5, 5.41) is 11.7. The lowest BCUT2D eigenvalue weighted by Gasteiger charge is -2.27. The summed E-state index contributed by atoms with van der Waals surface area (Å²) < 4.78 is 5.24. The lowest BCUT2D eigenvalue weighted by molar-refractivity contribution is -0.150. The SMILES string of the molecule is O=C(Nc1cccc(N2CCCCC2=O)c1)[C@@H]1CC[C@H](C(=O)O)O1. The molecule has 2 atom stereocenters. The Balaban J connectivity index is 1.65. The minimum atomic E-state index is -1.05. The smallest absolute Gasteiger partial charge is 0.332 e. The van der Waals surface area contributed by atoms with Crippen LogP contribution in [0.25, 0.3) is 0 Å². The van der Waals surface area contributed by atoms with E-state index in [1.807, 2.05) is 6.07 Å². The van der Waals surface area contributed by atoms with Crippen LogP contribution in [0.5, 0.6) is 0 Å². The number of benzene rings is 1. The van der Waals surface area contributed by atoms with E-state index < -0.39 is 18.2 Å². The second kappa shape index (κ2) is 7.00. The van der Waals surface area contributed by atoms with E-state index in [0.717, 1.165) is 18.5 Å². The molecule has 1 aromatic rings. The maximum absolute atomic E-state index is 12.2. The number of ether oxygens (including phenoxy) is 1. The topological polar surface area (TPSA) is 95.9 Å². The van der Waals surface area contributed by atoms with E-state index in [1.165, 1.54) is 0 Å². The van der Waals surface area contributed by atoms with Crippen molar-refractivity contribution in [2.45, 2.75) is 44.3 Å². The fraction of sp³-hybridized carbons (Fsp3) is 0.471. The number of amides is 2. The van der Waals surface area contributed by atoms with Crippen LogP contribution in [0.3, 0.4) is 0 Å². The summed E-state index contributed by atoms with van der Waals surface area (Å²) in [5.74, 6) is -1.31. The zero-order valence-corrected chi connectivity index (χ0v) is 13.2. The van der Waals surface area contributed by atoms with Crippen molar-refractivity contribution in [3.8, 4) is 0 Å². The number of carbonyl (C=O) groups excluding carboxylic acids is 2. The van der Waals surface area contributed by atoms with Crippen LogP contribution in [0, 0.1) is 0 Å². The Kier molecular flexibility index (Phi) is 4.80. The maximum Gasteiger partial charge on any atom is 0.332 e. The van der Waals surface area contributed by atoms with Gasteiger partial charge in [-0.3, -0.25) is 9.59 Å². The van der Waals surface area contributed by atoms with Gasteiger partial charge in [-0.05, 0) is 43.9 Å². The van der Waals surface area contributed by atoms with Crippen LogP contribution in [-0.2, 0) is 19.1 Å². The van der Waals surface area contributed by atoms with Gasteiger partial charge >= 0.3 is 5.97 Å². The molecule has 1 aromatic carbocycles. The standard InChI is InChI=1S/C17H20N2O5/c20-15-6-1-2-9-19(15)12-5-3-4-11(10-12)18-16(21)13-7-8-14(24-13)17(22)23/h3-5,10,13-14H,1-2,6-9H2,(H,18,21)(H,22,23)/t13-,14+/m0/s1. The number of piperidine rings is 1. The van der Waals surface area contributed by atoms with Crippen LogP contribution in [0.2, 0.25) is 0 Å². The van der Waals surface area contributed by atoms with E-state index in [4.69, 9.17) is 9.84 Å². The summed E-state index contributed by atoms with van der Waals surface area (Å²) in [4.78, 5) is 36.8. The zero-order chi connectivity index (χ0) is 17.1. The van der Waals surface area contributed by atoms with Gasteiger partial charge in [-0.2, -0.15) is 0 Å². The highest BCUT2D eigenvalue weighted by Crippen LogP contribution is 2.25. The van der Waals surface area contributed by atoms with Gasteiger partial charge in [0.25, 0.3) is 5.91 Å². The first-order valence-corrected chi connectivity index (χ1v) is 8.14. The predicted octanol–water partition coefficient (Wildman–Crippen LogP) is 1.77. The highest BCUT2D eigenvalue weighted by molar-refractivity contribution is 5.97. The van der Waals surface area contributed by atoms with Gasteiger partial charge in [-0.25, -0.2) is 4.79 Å².